The lowest BCUT2D eigenvalue weighted by molar-refractivity contribution is 0.174. The Hall–Kier alpha value is -3.13. The van der Waals surface area contributed by atoms with Crippen LogP contribution in [0.2, 0.25) is 5.02 Å². The summed E-state index contributed by atoms with van der Waals surface area (Å²) in [6, 6.07) is 3.54. The summed E-state index contributed by atoms with van der Waals surface area (Å²) in [5.74, 6) is 1.84. The molecule has 0 atom stereocenters. The van der Waals surface area contributed by atoms with Gasteiger partial charge in [0, 0.05) is 6.08 Å². The lowest BCUT2D eigenvalue weighted by Crippen LogP contribution is -1.93. The van der Waals surface area contributed by atoms with Crippen LogP contribution in [0.4, 0.5) is 0 Å². The van der Waals surface area contributed by atoms with Crippen LogP contribution < -0.4 is 9.47 Å². The third-order valence-corrected chi connectivity index (χ3v) is 3.43. The molecule has 0 saturated heterocycles. The van der Waals surface area contributed by atoms with E-state index in [1.807, 2.05) is 0 Å². The first-order valence-corrected chi connectivity index (χ1v) is 7.19. The van der Waals surface area contributed by atoms with Crippen LogP contribution in [0.1, 0.15) is 11.5 Å². The van der Waals surface area contributed by atoms with Gasteiger partial charge >= 0.3 is 0 Å². The largest absolute Gasteiger partial charge is 0.505 e. The average Bonchev–Trinajstić information content (AvgIpc) is 3.23. The van der Waals surface area contributed by atoms with Crippen LogP contribution in [0, 0.1) is 0 Å². The molecule has 120 valence electrons. The second kappa shape index (κ2) is 5.82. The maximum absolute atomic E-state index is 9.18. The van der Waals surface area contributed by atoms with Gasteiger partial charge in [-0.15, -0.1) is 0 Å². The highest BCUT2D eigenvalue weighted by atomic mass is 35.5. The van der Waals surface area contributed by atoms with E-state index in [1.165, 1.54) is 12.4 Å². The lowest BCUT2D eigenvalue weighted by atomic mass is 10.2. The molecule has 0 radical (unpaired) electrons. The fourth-order valence-corrected chi connectivity index (χ4v) is 2.36. The van der Waals surface area contributed by atoms with Crippen LogP contribution in [-0.2, 0) is 0 Å². The number of nitrogens with zero attached hydrogens (tertiary/aromatic N) is 4. The molecule has 0 spiro atoms. The Bertz CT molecular complexity index is 924. The van der Waals surface area contributed by atoms with E-state index < -0.39 is 0 Å². The average molecular weight is 345 g/mol. The molecule has 0 unspecified atom stereocenters. The van der Waals surface area contributed by atoms with E-state index in [4.69, 9.17) is 25.6 Å². The van der Waals surface area contributed by atoms with E-state index in [9.17, 15) is 5.11 Å². The monoisotopic (exact) mass is 344 g/mol. The molecule has 0 bridgehead atoms. The van der Waals surface area contributed by atoms with Crippen molar-refractivity contribution in [2.75, 3.05) is 6.79 Å². The molecule has 0 saturated carbocycles. The van der Waals surface area contributed by atoms with Gasteiger partial charge in [0.05, 0.1) is 17.4 Å². The van der Waals surface area contributed by atoms with Gasteiger partial charge in [-0.3, -0.25) is 0 Å². The molecule has 8 nitrogen and oxygen atoms in total. The molecule has 1 aliphatic heterocycles. The molecule has 3 aromatic rings. The number of rotatable bonds is 3. The maximum atomic E-state index is 9.18. The van der Waals surface area contributed by atoms with E-state index in [2.05, 4.69) is 20.1 Å². The Morgan fingerprint density at radius 3 is 2.75 bits per heavy atom. The summed E-state index contributed by atoms with van der Waals surface area (Å²) < 4.78 is 15.7. The topological polar surface area (TPSA) is 103 Å². The molecule has 1 aliphatic rings. The SMILES string of the molecule is Oc1cnc(-c2noc(/C=C/c3cc(Cl)c4c(c3)OCO4)n2)nc1. The lowest BCUT2D eigenvalue weighted by Gasteiger charge is -2.00. The van der Waals surface area contributed by atoms with Crippen LogP contribution in [0.25, 0.3) is 23.8 Å². The molecule has 4 rings (SSSR count). The summed E-state index contributed by atoms with van der Waals surface area (Å²) in [4.78, 5) is 12.0. The van der Waals surface area contributed by atoms with Crippen LogP contribution in [-0.4, -0.2) is 32.0 Å². The zero-order valence-corrected chi connectivity index (χ0v) is 12.8. The first-order chi connectivity index (χ1) is 11.7. The summed E-state index contributed by atoms with van der Waals surface area (Å²) >= 11 is 6.13. The van der Waals surface area contributed by atoms with Gasteiger partial charge in [0.15, 0.2) is 17.2 Å². The fraction of sp³-hybridized carbons (Fsp3) is 0.0667. The predicted molar refractivity (Wildman–Crippen MR) is 83.5 cm³/mol. The van der Waals surface area contributed by atoms with Gasteiger partial charge in [-0.1, -0.05) is 16.8 Å². The Morgan fingerprint density at radius 1 is 1.08 bits per heavy atom. The molecule has 1 aromatic carbocycles. The van der Waals surface area contributed by atoms with Gasteiger partial charge < -0.3 is 19.1 Å². The van der Waals surface area contributed by atoms with Crippen molar-refractivity contribution in [1.82, 2.24) is 20.1 Å². The maximum Gasteiger partial charge on any atom is 0.251 e. The Morgan fingerprint density at radius 2 is 1.92 bits per heavy atom. The Kier molecular flexibility index (Phi) is 3.51. The van der Waals surface area contributed by atoms with E-state index in [1.54, 1.807) is 24.3 Å². The number of hydrogen-bond acceptors (Lipinski definition) is 8. The molecular weight excluding hydrogens is 336 g/mol. The van der Waals surface area contributed by atoms with Crippen molar-refractivity contribution in [1.29, 1.82) is 0 Å². The van der Waals surface area contributed by atoms with Crippen molar-refractivity contribution >= 4 is 23.8 Å². The van der Waals surface area contributed by atoms with Crippen molar-refractivity contribution < 1.29 is 19.1 Å². The van der Waals surface area contributed by atoms with Crippen LogP contribution >= 0.6 is 11.6 Å². The number of benzene rings is 1. The summed E-state index contributed by atoms with van der Waals surface area (Å²) in [5.41, 5.74) is 0.796. The fourth-order valence-electron chi connectivity index (χ4n) is 2.08. The number of fused-ring (bicyclic) bond motifs is 1. The zero-order valence-electron chi connectivity index (χ0n) is 12.0. The molecule has 24 heavy (non-hydrogen) atoms. The van der Waals surface area contributed by atoms with E-state index in [-0.39, 0.29) is 30.1 Å². The highest BCUT2D eigenvalue weighted by Gasteiger charge is 2.17. The molecule has 0 aliphatic carbocycles. The minimum absolute atomic E-state index is 0.0398. The van der Waals surface area contributed by atoms with E-state index in [0.717, 1.165) is 5.56 Å². The van der Waals surface area contributed by atoms with Crippen molar-refractivity contribution in [2.24, 2.45) is 0 Å². The highest BCUT2D eigenvalue weighted by Crippen LogP contribution is 2.40. The Balaban J connectivity index is 1.57. The van der Waals surface area contributed by atoms with Crippen molar-refractivity contribution in [3.05, 3.63) is 41.0 Å². The molecule has 0 amide bonds. The number of ether oxygens (including phenoxy) is 2. The van der Waals surface area contributed by atoms with Crippen molar-refractivity contribution in [3.8, 4) is 28.9 Å². The summed E-state index contributed by atoms with van der Waals surface area (Å²) in [6.45, 7) is 0.155. The van der Waals surface area contributed by atoms with Crippen molar-refractivity contribution in [2.45, 2.75) is 0 Å². The smallest absolute Gasteiger partial charge is 0.251 e. The number of halogens is 1. The van der Waals surface area contributed by atoms with E-state index >= 15 is 0 Å². The third kappa shape index (κ3) is 2.74. The van der Waals surface area contributed by atoms with Gasteiger partial charge in [0.1, 0.15) is 0 Å². The van der Waals surface area contributed by atoms with Crippen LogP contribution in [0.15, 0.2) is 29.0 Å². The summed E-state index contributed by atoms with van der Waals surface area (Å²) in [7, 11) is 0. The molecule has 0 fully saturated rings. The number of aromatic hydroxyl groups is 1. The minimum Gasteiger partial charge on any atom is -0.505 e. The van der Waals surface area contributed by atoms with Gasteiger partial charge in [0.25, 0.3) is 5.89 Å². The standard InChI is InChI=1S/C15H9ClN4O4/c16-10-3-8(4-11-13(10)23-7-22-11)1-2-12-19-15(20-24-12)14-17-5-9(21)6-18-14/h1-6,21H,7H2/b2-1+. The van der Waals surface area contributed by atoms with Gasteiger partial charge in [-0.2, -0.15) is 4.98 Å². The normalized spacial score (nSPS) is 12.9. The van der Waals surface area contributed by atoms with Gasteiger partial charge in [-0.25, -0.2) is 9.97 Å². The zero-order chi connectivity index (χ0) is 16.5. The molecule has 3 heterocycles. The van der Waals surface area contributed by atoms with Crippen LogP contribution in [0.3, 0.4) is 0 Å². The highest BCUT2D eigenvalue weighted by molar-refractivity contribution is 6.32. The van der Waals surface area contributed by atoms with Crippen molar-refractivity contribution in [3.63, 3.8) is 0 Å². The predicted octanol–water partition coefficient (Wildman–Crippen LogP) is 2.78. The first kappa shape index (κ1) is 14.5. The second-order valence-electron chi connectivity index (χ2n) is 4.79. The van der Waals surface area contributed by atoms with Gasteiger partial charge in [-0.05, 0) is 23.8 Å². The Labute approximate surface area is 140 Å². The number of hydrogen-bond donors (Lipinski definition) is 1. The molecule has 2 aromatic heterocycles. The molecule has 1 N–H and O–H groups in total. The quantitative estimate of drug-likeness (QED) is 0.773. The third-order valence-electron chi connectivity index (χ3n) is 3.15. The van der Waals surface area contributed by atoms with Gasteiger partial charge in [0.2, 0.25) is 18.4 Å². The van der Waals surface area contributed by atoms with Crippen LogP contribution in [0.5, 0.6) is 17.2 Å². The molecule has 9 heteroatoms. The molecular formula is C15H9ClN4O4. The summed E-state index contributed by atoms with van der Waals surface area (Å²) in [6.07, 6.45) is 5.89. The number of aromatic nitrogens is 4. The minimum atomic E-state index is -0.0398. The summed E-state index contributed by atoms with van der Waals surface area (Å²) in [5, 5.41) is 13.4. The first-order valence-electron chi connectivity index (χ1n) is 6.81. The second-order valence-corrected chi connectivity index (χ2v) is 5.20. The van der Waals surface area contributed by atoms with E-state index in [0.29, 0.717) is 16.5 Å².